The third kappa shape index (κ3) is 3.42. The van der Waals surface area contributed by atoms with Crippen LogP contribution in [0.4, 0.5) is 8.78 Å². The highest BCUT2D eigenvalue weighted by molar-refractivity contribution is 6.43. The molecule has 1 aromatic carbocycles. The lowest BCUT2D eigenvalue weighted by Crippen LogP contribution is -2.11. The van der Waals surface area contributed by atoms with E-state index in [1.54, 1.807) is 0 Å². The molecule has 1 rings (SSSR count). The highest BCUT2D eigenvalue weighted by Crippen LogP contribution is 2.36. The van der Waals surface area contributed by atoms with E-state index in [0.717, 1.165) is 12.1 Å². The van der Waals surface area contributed by atoms with Gasteiger partial charge >= 0.3 is 12.6 Å². The predicted octanol–water partition coefficient (Wildman–Crippen LogP) is 2.71. The number of hydrogen-bond acceptors (Lipinski definition) is 3. The van der Waals surface area contributed by atoms with Crippen molar-refractivity contribution in [1.29, 1.82) is 0 Å². The van der Waals surface area contributed by atoms with Crippen LogP contribution in [0.15, 0.2) is 12.1 Å². The van der Waals surface area contributed by atoms with Crippen molar-refractivity contribution in [2.24, 2.45) is 0 Å². The van der Waals surface area contributed by atoms with Gasteiger partial charge in [-0.3, -0.25) is 0 Å². The molecular formula is C9H6Cl2F2O4. The zero-order valence-corrected chi connectivity index (χ0v) is 9.54. The van der Waals surface area contributed by atoms with Crippen LogP contribution in [0.5, 0.6) is 5.75 Å². The fraction of sp³-hybridized carbons (Fsp3) is 0.222. The van der Waals surface area contributed by atoms with E-state index in [4.69, 9.17) is 28.3 Å². The van der Waals surface area contributed by atoms with E-state index in [-0.39, 0.29) is 15.6 Å². The summed E-state index contributed by atoms with van der Waals surface area (Å²) in [6.07, 6.45) is -1.90. The van der Waals surface area contributed by atoms with Gasteiger partial charge in [-0.05, 0) is 17.7 Å². The van der Waals surface area contributed by atoms with Gasteiger partial charge in [0.25, 0.3) is 0 Å². The minimum Gasteiger partial charge on any atom is -0.479 e. The summed E-state index contributed by atoms with van der Waals surface area (Å²) in [7, 11) is 0. The summed E-state index contributed by atoms with van der Waals surface area (Å²) in [6, 6.07) is 1.94. The van der Waals surface area contributed by atoms with Gasteiger partial charge in [0, 0.05) is 0 Å². The molecule has 0 saturated carbocycles. The molecular weight excluding hydrogens is 281 g/mol. The highest BCUT2D eigenvalue weighted by atomic mass is 35.5. The Morgan fingerprint density at radius 3 is 2.41 bits per heavy atom. The lowest BCUT2D eigenvalue weighted by atomic mass is 10.1. The third-order valence-electron chi connectivity index (χ3n) is 1.78. The first-order valence-electron chi connectivity index (χ1n) is 4.17. The fourth-order valence-corrected chi connectivity index (χ4v) is 1.44. The molecule has 0 fully saturated rings. The molecule has 0 spiro atoms. The van der Waals surface area contributed by atoms with Crippen molar-refractivity contribution in [3.05, 3.63) is 27.7 Å². The van der Waals surface area contributed by atoms with Crippen LogP contribution in [0.2, 0.25) is 10.0 Å². The van der Waals surface area contributed by atoms with E-state index in [0.29, 0.717) is 0 Å². The van der Waals surface area contributed by atoms with Crippen molar-refractivity contribution in [2.75, 3.05) is 0 Å². The fourth-order valence-electron chi connectivity index (χ4n) is 1.07. The van der Waals surface area contributed by atoms with Gasteiger partial charge in [-0.25, -0.2) is 4.79 Å². The SMILES string of the molecule is O=C(O)[C@@H](O)c1cc(Cl)c(Cl)c(OC(F)F)c1. The first-order chi connectivity index (χ1) is 7.82. The largest absolute Gasteiger partial charge is 0.479 e. The Morgan fingerprint density at radius 1 is 1.35 bits per heavy atom. The zero-order valence-electron chi connectivity index (χ0n) is 8.03. The zero-order chi connectivity index (χ0) is 13.2. The Bertz CT molecular complexity index is 439. The Hall–Kier alpha value is -1.11. The van der Waals surface area contributed by atoms with Crippen LogP contribution in [0.1, 0.15) is 11.7 Å². The number of alkyl halides is 2. The molecule has 0 aliphatic carbocycles. The maximum Gasteiger partial charge on any atom is 0.387 e. The molecule has 0 saturated heterocycles. The molecule has 2 N–H and O–H groups in total. The van der Waals surface area contributed by atoms with Gasteiger partial charge in [-0.15, -0.1) is 0 Å². The maximum atomic E-state index is 12.0. The second kappa shape index (κ2) is 5.48. The number of carbonyl (C=O) groups is 1. The number of carboxylic acids is 1. The molecule has 0 aliphatic rings. The topological polar surface area (TPSA) is 66.8 Å². The molecule has 0 aliphatic heterocycles. The predicted molar refractivity (Wildman–Crippen MR) is 55.7 cm³/mol. The van der Waals surface area contributed by atoms with Crippen LogP contribution in [0, 0.1) is 0 Å². The first-order valence-corrected chi connectivity index (χ1v) is 4.93. The number of hydrogen-bond donors (Lipinski definition) is 2. The minimum absolute atomic E-state index is 0.194. The van der Waals surface area contributed by atoms with E-state index in [1.165, 1.54) is 0 Å². The van der Waals surface area contributed by atoms with E-state index >= 15 is 0 Å². The van der Waals surface area contributed by atoms with E-state index in [1.807, 2.05) is 0 Å². The Kier molecular flexibility index (Phi) is 4.50. The monoisotopic (exact) mass is 286 g/mol. The van der Waals surface area contributed by atoms with Crippen molar-refractivity contribution < 1.29 is 28.5 Å². The van der Waals surface area contributed by atoms with Crippen molar-refractivity contribution in [1.82, 2.24) is 0 Å². The number of aliphatic hydroxyl groups excluding tert-OH is 1. The average molecular weight is 287 g/mol. The molecule has 1 aromatic rings. The van der Waals surface area contributed by atoms with Crippen LogP contribution < -0.4 is 4.74 Å². The number of aliphatic hydroxyl groups is 1. The highest BCUT2D eigenvalue weighted by Gasteiger charge is 2.21. The van der Waals surface area contributed by atoms with Gasteiger partial charge in [-0.2, -0.15) is 8.78 Å². The quantitative estimate of drug-likeness (QED) is 0.893. The van der Waals surface area contributed by atoms with Gasteiger partial charge < -0.3 is 14.9 Å². The molecule has 0 heterocycles. The van der Waals surface area contributed by atoms with Crippen molar-refractivity contribution in [2.45, 2.75) is 12.7 Å². The third-order valence-corrected chi connectivity index (χ3v) is 2.57. The standard InChI is InChI=1S/C9H6Cl2F2O4/c10-4-1-3(7(14)8(15)16)2-5(6(4)11)17-9(12)13/h1-2,7,9,14H,(H,15,16)/t7-/m0/s1. The van der Waals surface area contributed by atoms with Crippen molar-refractivity contribution in [3.8, 4) is 5.75 Å². The molecule has 1 atom stereocenters. The van der Waals surface area contributed by atoms with E-state index in [2.05, 4.69) is 4.74 Å². The minimum atomic E-state index is -3.14. The summed E-state index contributed by atoms with van der Waals surface area (Å²) >= 11 is 11.2. The van der Waals surface area contributed by atoms with E-state index < -0.39 is 24.4 Å². The Morgan fingerprint density at radius 2 is 1.94 bits per heavy atom. The summed E-state index contributed by atoms with van der Waals surface area (Å²) in [5.41, 5.74) is -0.206. The molecule has 94 valence electrons. The van der Waals surface area contributed by atoms with E-state index in [9.17, 15) is 18.7 Å². The van der Waals surface area contributed by atoms with Gasteiger partial charge in [-0.1, -0.05) is 23.2 Å². The number of aliphatic carboxylic acids is 1. The van der Waals surface area contributed by atoms with Gasteiger partial charge in [0.05, 0.1) is 5.02 Å². The first kappa shape index (κ1) is 14.0. The summed E-state index contributed by atoms with van der Waals surface area (Å²) in [5, 5.41) is 17.3. The summed E-state index contributed by atoms with van der Waals surface area (Å²) in [5.74, 6) is -2.05. The number of benzene rings is 1. The molecule has 0 radical (unpaired) electrons. The second-order valence-electron chi connectivity index (χ2n) is 2.93. The summed E-state index contributed by atoms with van der Waals surface area (Å²) in [6.45, 7) is -3.14. The number of rotatable bonds is 4. The molecule has 0 bridgehead atoms. The summed E-state index contributed by atoms with van der Waals surface area (Å²) < 4.78 is 28.1. The van der Waals surface area contributed by atoms with Gasteiger partial charge in [0.2, 0.25) is 0 Å². The molecule has 0 unspecified atom stereocenters. The number of halogens is 4. The average Bonchev–Trinajstić information content (AvgIpc) is 2.22. The lowest BCUT2D eigenvalue weighted by molar-refractivity contribution is -0.146. The number of ether oxygens (including phenoxy) is 1. The van der Waals surface area contributed by atoms with Gasteiger partial charge in [0.15, 0.2) is 6.10 Å². The van der Waals surface area contributed by atoms with Crippen LogP contribution in [-0.2, 0) is 4.79 Å². The van der Waals surface area contributed by atoms with Crippen molar-refractivity contribution in [3.63, 3.8) is 0 Å². The molecule has 0 aromatic heterocycles. The normalized spacial score (nSPS) is 12.6. The lowest BCUT2D eigenvalue weighted by Gasteiger charge is -2.12. The molecule has 8 heteroatoms. The molecule has 4 nitrogen and oxygen atoms in total. The van der Waals surface area contributed by atoms with Crippen LogP contribution >= 0.6 is 23.2 Å². The Labute approximate surface area is 104 Å². The number of carboxylic acid groups (broad SMARTS) is 1. The smallest absolute Gasteiger partial charge is 0.387 e. The Balaban J connectivity index is 3.18. The van der Waals surface area contributed by atoms with Crippen LogP contribution in [0.3, 0.4) is 0 Å². The van der Waals surface area contributed by atoms with Crippen molar-refractivity contribution >= 4 is 29.2 Å². The molecule has 17 heavy (non-hydrogen) atoms. The van der Waals surface area contributed by atoms with Crippen LogP contribution in [-0.4, -0.2) is 22.8 Å². The van der Waals surface area contributed by atoms with Crippen LogP contribution in [0.25, 0.3) is 0 Å². The summed E-state index contributed by atoms with van der Waals surface area (Å²) in [4.78, 5) is 10.5. The molecule has 0 amide bonds. The maximum absolute atomic E-state index is 12.0. The van der Waals surface area contributed by atoms with Gasteiger partial charge in [0.1, 0.15) is 10.8 Å². The second-order valence-corrected chi connectivity index (χ2v) is 3.72.